The van der Waals surface area contributed by atoms with Crippen LogP contribution in [-0.4, -0.2) is 71.0 Å². The third-order valence-corrected chi connectivity index (χ3v) is 12.1. The van der Waals surface area contributed by atoms with Gasteiger partial charge in [0.25, 0.3) is 0 Å². The van der Waals surface area contributed by atoms with Crippen molar-refractivity contribution in [1.29, 1.82) is 0 Å². The van der Waals surface area contributed by atoms with Gasteiger partial charge in [0.1, 0.15) is 0 Å². The van der Waals surface area contributed by atoms with Gasteiger partial charge in [0.2, 0.25) is 0 Å². The fourth-order valence-corrected chi connectivity index (χ4v) is 9.17. The first-order chi connectivity index (χ1) is 18.2. The minimum absolute atomic E-state index is 0.142. The Hall–Kier alpha value is -1.22. The van der Waals surface area contributed by atoms with E-state index in [1.165, 1.54) is 0 Å². The minimum Gasteiger partial charge on any atom is -0.481 e. The molecule has 4 saturated carbocycles. The Labute approximate surface area is 225 Å². The summed E-state index contributed by atoms with van der Waals surface area (Å²) in [7, 11) is 0. The van der Waals surface area contributed by atoms with Crippen LogP contribution in [0.25, 0.3) is 0 Å². The van der Waals surface area contributed by atoms with E-state index < -0.39 is 22.8 Å². The molecule has 38 heavy (non-hydrogen) atoms. The Morgan fingerprint density at radius 3 is 2.13 bits per heavy atom. The van der Waals surface area contributed by atoms with Crippen LogP contribution < -0.4 is 0 Å². The molecule has 14 atom stereocenters. The second-order valence-electron chi connectivity index (χ2n) is 14.1. The maximum atomic E-state index is 12.0. The highest BCUT2D eigenvalue weighted by Gasteiger charge is 2.61. The molecule has 4 saturated heterocycles. The topological polar surface area (TPSA) is 125 Å². The van der Waals surface area contributed by atoms with Gasteiger partial charge >= 0.3 is 11.9 Å². The van der Waals surface area contributed by atoms with Crippen molar-refractivity contribution in [3.8, 4) is 0 Å². The third-order valence-electron chi connectivity index (χ3n) is 12.1. The van der Waals surface area contributed by atoms with E-state index in [-0.39, 0.29) is 18.1 Å². The Balaban J connectivity index is 0.000000128. The summed E-state index contributed by atoms with van der Waals surface area (Å²) in [6.45, 7) is 4.33. The van der Waals surface area contributed by atoms with E-state index in [9.17, 15) is 19.8 Å². The Morgan fingerprint density at radius 2 is 1.39 bits per heavy atom. The lowest BCUT2D eigenvalue weighted by Gasteiger charge is -2.41. The number of epoxide rings is 4. The molecule has 212 valence electrons. The van der Waals surface area contributed by atoms with Gasteiger partial charge in [0.15, 0.2) is 0 Å². The highest BCUT2D eigenvalue weighted by Crippen LogP contribution is 2.57. The van der Waals surface area contributed by atoms with Gasteiger partial charge in [-0.05, 0) is 94.8 Å². The Kier molecular flexibility index (Phi) is 6.19. The number of ether oxygens (including phenoxy) is 4. The number of aliphatic carboxylic acids is 2. The van der Waals surface area contributed by atoms with Gasteiger partial charge in [-0.1, -0.05) is 13.8 Å². The van der Waals surface area contributed by atoms with Crippen LogP contribution in [-0.2, 0) is 28.5 Å². The molecule has 4 aliphatic heterocycles. The van der Waals surface area contributed by atoms with E-state index in [1.807, 2.05) is 0 Å². The maximum Gasteiger partial charge on any atom is 0.310 e. The lowest BCUT2D eigenvalue weighted by Crippen LogP contribution is -2.46. The van der Waals surface area contributed by atoms with Gasteiger partial charge in [-0.25, -0.2) is 0 Å². The van der Waals surface area contributed by atoms with Gasteiger partial charge in [0.05, 0.1) is 59.7 Å². The van der Waals surface area contributed by atoms with E-state index in [4.69, 9.17) is 18.9 Å². The predicted octanol–water partition coefficient (Wildman–Crippen LogP) is 4.42. The molecule has 0 radical (unpaired) electrons. The number of carboxylic acids is 2. The maximum absolute atomic E-state index is 12.0. The molecule has 0 bridgehead atoms. The van der Waals surface area contributed by atoms with Crippen molar-refractivity contribution >= 4 is 11.9 Å². The summed E-state index contributed by atoms with van der Waals surface area (Å²) in [6, 6.07) is 0. The van der Waals surface area contributed by atoms with E-state index in [0.717, 1.165) is 77.0 Å². The summed E-state index contributed by atoms with van der Waals surface area (Å²) in [5.41, 5.74) is -1.08. The van der Waals surface area contributed by atoms with Crippen molar-refractivity contribution in [2.45, 2.75) is 140 Å². The van der Waals surface area contributed by atoms with Gasteiger partial charge in [-0.3, -0.25) is 9.59 Å². The number of rotatable bonds is 6. The summed E-state index contributed by atoms with van der Waals surface area (Å²) in [4.78, 5) is 23.8. The molecule has 2 N–H and O–H groups in total. The zero-order chi connectivity index (χ0) is 26.4. The largest absolute Gasteiger partial charge is 0.481 e. The summed E-state index contributed by atoms with van der Waals surface area (Å²) in [6.07, 6.45) is 14.4. The molecule has 4 heterocycles. The van der Waals surface area contributed by atoms with Gasteiger partial charge in [-0.15, -0.1) is 0 Å². The molecular formula is C30H44O8. The summed E-state index contributed by atoms with van der Waals surface area (Å²) in [5.74, 6) is 0.479. The van der Waals surface area contributed by atoms with Crippen LogP contribution in [0.4, 0.5) is 0 Å². The Bertz CT molecular complexity index is 970. The lowest BCUT2D eigenvalue weighted by atomic mass is 9.60. The first kappa shape index (κ1) is 25.7. The van der Waals surface area contributed by atoms with Crippen molar-refractivity contribution in [2.24, 2.45) is 34.5 Å². The number of carboxylic acid groups (broad SMARTS) is 2. The van der Waals surface area contributed by atoms with Crippen molar-refractivity contribution in [1.82, 2.24) is 0 Å². The number of hydrogen-bond donors (Lipinski definition) is 2. The van der Waals surface area contributed by atoms with Crippen LogP contribution in [0.1, 0.15) is 90.9 Å². The molecule has 8 aliphatic rings. The molecule has 0 aromatic rings. The van der Waals surface area contributed by atoms with Crippen LogP contribution in [0.2, 0.25) is 0 Å². The van der Waals surface area contributed by atoms with Crippen LogP contribution in [0.5, 0.6) is 0 Å². The predicted molar refractivity (Wildman–Crippen MR) is 135 cm³/mol. The van der Waals surface area contributed by atoms with E-state index in [0.29, 0.717) is 54.4 Å². The SMILES string of the molecule is CC1C(CC2(C(=O)O)CCC3OC3C2C)CCC2OC21.O=C(O)C1(CC2CCC3OC3C2)CCC2OC2C1. The van der Waals surface area contributed by atoms with Crippen molar-refractivity contribution in [2.75, 3.05) is 0 Å². The highest BCUT2D eigenvalue weighted by molar-refractivity contribution is 5.76. The van der Waals surface area contributed by atoms with Crippen molar-refractivity contribution in [3.05, 3.63) is 0 Å². The van der Waals surface area contributed by atoms with Crippen molar-refractivity contribution < 1.29 is 38.7 Å². The third kappa shape index (κ3) is 4.51. The summed E-state index contributed by atoms with van der Waals surface area (Å²) >= 11 is 0. The first-order valence-corrected chi connectivity index (χ1v) is 15.3. The average molecular weight is 533 g/mol. The number of hydrogen-bond acceptors (Lipinski definition) is 6. The molecular weight excluding hydrogens is 488 g/mol. The molecule has 8 rings (SSSR count). The molecule has 14 unspecified atom stereocenters. The summed E-state index contributed by atoms with van der Waals surface area (Å²) < 4.78 is 22.4. The molecule has 0 aromatic carbocycles. The molecule has 8 heteroatoms. The molecule has 4 aliphatic carbocycles. The van der Waals surface area contributed by atoms with Crippen molar-refractivity contribution in [3.63, 3.8) is 0 Å². The minimum atomic E-state index is -0.606. The van der Waals surface area contributed by atoms with Crippen LogP contribution in [0.3, 0.4) is 0 Å². The quantitative estimate of drug-likeness (QED) is 0.482. The summed E-state index contributed by atoms with van der Waals surface area (Å²) in [5, 5.41) is 19.5. The molecule has 0 amide bonds. The van der Waals surface area contributed by atoms with E-state index in [2.05, 4.69) is 13.8 Å². The second-order valence-corrected chi connectivity index (χ2v) is 14.1. The molecule has 8 nitrogen and oxygen atoms in total. The fourth-order valence-electron chi connectivity index (χ4n) is 9.17. The first-order valence-electron chi connectivity index (χ1n) is 15.3. The highest BCUT2D eigenvalue weighted by atomic mass is 16.6. The number of fused-ring (bicyclic) bond motifs is 4. The van der Waals surface area contributed by atoms with E-state index in [1.54, 1.807) is 0 Å². The molecule has 0 aromatic heterocycles. The van der Waals surface area contributed by atoms with E-state index >= 15 is 0 Å². The fraction of sp³-hybridized carbons (Fsp3) is 0.933. The normalized spacial score (nSPS) is 55.0. The van der Waals surface area contributed by atoms with Gasteiger partial charge < -0.3 is 29.2 Å². The monoisotopic (exact) mass is 532 g/mol. The zero-order valence-corrected chi connectivity index (χ0v) is 22.8. The van der Waals surface area contributed by atoms with Crippen LogP contribution in [0.15, 0.2) is 0 Å². The van der Waals surface area contributed by atoms with Gasteiger partial charge in [0, 0.05) is 5.92 Å². The second kappa shape index (κ2) is 9.15. The average Bonchev–Trinajstić information content (AvgIpc) is 3.70. The van der Waals surface area contributed by atoms with Crippen LogP contribution in [0, 0.1) is 34.5 Å². The Morgan fingerprint density at radius 1 is 0.711 bits per heavy atom. The lowest BCUT2D eigenvalue weighted by molar-refractivity contribution is -0.156. The van der Waals surface area contributed by atoms with Gasteiger partial charge in [-0.2, -0.15) is 0 Å². The molecule has 0 spiro atoms. The smallest absolute Gasteiger partial charge is 0.310 e. The zero-order valence-electron chi connectivity index (χ0n) is 22.8. The number of carbonyl (C=O) groups is 2. The van der Waals surface area contributed by atoms with Crippen LogP contribution >= 0.6 is 0 Å². The standard InChI is InChI=1S/C16H24O4.C14H20O4/c1-8-10(3-4-11-13(8)19-11)7-16(15(17)18)6-5-12-14(20-12)9(16)2;15-13(16)14(4-3-10-12(7-14)18-10)6-8-1-2-9-11(5-8)17-9/h8-14H,3-7H2,1-2H3,(H,17,18);8-12H,1-7H2,(H,15,16). The molecule has 8 fully saturated rings.